The molecule has 0 radical (unpaired) electrons. The minimum Gasteiger partial charge on any atom is -0.390 e. The van der Waals surface area contributed by atoms with Crippen molar-refractivity contribution in [1.29, 1.82) is 0 Å². The van der Waals surface area contributed by atoms with Gasteiger partial charge in [0.1, 0.15) is 9.79 Å². The van der Waals surface area contributed by atoms with Crippen LogP contribution in [0.1, 0.15) is 18.4 Å². The summed E-state index contributed by atoms with van der Waals surface area (Å²) in [5.74, 6) is 0.0444. The number of anilines is 1. The number of aliphatic hydroxyl groups excluding tert-OH is 1. The Hall–Kier alpha value is -2.31. The summed E-state index contributed by atoms with van der Waals surface area (Å²) in [6, 6.07) is 2.68. The molecule has 1 atom stereocenters. The number of piperidine rings is 1. The maximum atomic E-state index is 13.0. The molecular formula is C17H29N9O5S2. The van der Waals surface area contributed by atoms with Crippen LogP contribution in [0.25, 0.3) is 0 Å². The van der Waals surface area contributed by atoms with E-state index >= 15 is 0 Å². The molecule has 2 aliphatic rings. The number of benzene rings is 1. The fourth-order valence-electron chi connectivity index (χ4n) is 3.66. The van der Waals surface area contributed by atoms with Crippen LogP contribution in [-0.2, 0) is 20.0 Å². The molecule has 0 spiro atoms. The predicted octanol–water partition coefficient (Wildman–Crippen LogP) is -3.31. The number of aliphatic hydroxyl groups is 1. The van der Waals surface area contributed by atoms with Crippen molar-refractivity contribution < 1.29 is 21.9 Å². The standard InChI is InChI=1S/C17H29N9O5S2/c18-6-5-11-2-1-7-26(10-11)13-3-4-14(33(30,31)21-9-12(27)8-19)16(32(20,28)29)15(13)17-22-24-25-23-17/h3-5,12,21,24-25,27H,1-2,6-10,18-19H2,(H,22,23)(H2,20,28,29)/b11-5-/t12-/m1/s1. The van der Waals surface area contributed by atoms with Crippen LogP contribution in [0, 0.1) is 0 Å². The van der Waals surface area contributed by atoms with Crippen molar-refractivity contribution in [3.63, 3.8) is 0 Å². The van der Waals surface area contributed by atoms with Crippen molar-refractivity contribution in [3.05, 3.63) is 29.3 Å². The van der Waals surface area contributed by atoms with E-state index in [-0.39, 0.29) is 17.9 Å². The summed E-state index contributed by atoms with van der Waals surface area (Å²) in [4.78, 5) is 0.722. The second kappa shape index (κ2) is 10.3. The van der Waals surface area contributed by atoms with Gasteiger partial charge in [-0.25, -0.2) is 32.2 Å². The molecule has 33 heavy (non-hydrogen) atoms. The first-order valence-electron chi connectivity index (χ1n) is 10.1. The molecule has 14 nitrogen and oxygen atoms in total. The van der Waals surface area contributed by atoms with E-state index < -0.39 is 42.5 Å². The van der Waals surface area contributed by atoms with Gasteiger partial charge in [-0.1, -0.05) is 11.6 Å². The molecule has 0 aliphatic carbocycles. The number of primary sulfonamides is 1. The van der Waals surface area contributed by atoms with Crippen molar-refractivity contribution in [1.82, 2.24) is 21.2 Å². The summed E-state index contributed by atoms with van der Waals surface area (Å²) in [5.41, 5.74) is 20.1. The monoisotopic (exact) mass is 503 g/mol. The van der Waals surface area contributed by atoms with Gasteiger partial charge in [-0.15, -0.1) is 10.6 Å². The maximum Gasteiger partial charge on any atom is 0.242 e. The van der Waals surface area contributed by atoms with Crippen LogP contribution in [0.3, 0.4) is 0 Å². The number of sulfonamides is 2. The zero-order chi connectivity index (χ0) is 24.2. The molecule has 184 valence electrons. The van der Waals surface area contributed by atoms with Crippen molar-refractivity contribution >= 4 is 31.6 Å². The average Bonchev–Trinajstić information content (AvgIpc) is 3.31. The Morgan fingerprint density at radius 3 is 2.64 bits per heavy atom. The van der Waals surface area contributed by atoms with Gasteiger partial charge in [-0.2, -0.15) is 0 Å². The molecule has 11 N–H and O–H groups in total. The summed E-state index contributed by atoms with van der Waals surface area (Å²) >= 11 is 0. The highest BCUT2D eigenvalue weighted by atomic mass is 32.2. The van der Waals surface area contributed by atoms with Crippen LogP contribution in [0.15, 0.2) is 38.7 Å². The van der Waals surface area contributed by atoms with Crippen LogP contribution in [0.4, 0.5) is 5.69 Å². The first-order chi connectivity index (χ1) is 15.6. The molecular weight excluding hydrogens is 474 g/mol. The number of hydrogen-bond acceptors (Lipinski definition) is 12. The molecule has 0 amide bonds. The third-order valence-corrected chi connectivity index (χ3v) is 7.75. The van der Waals surface area contributed by atoms with E-state index in [0.29, 0.717) is 25.3 Å². The zero-order valence-electron chi connectivity index (χ0n) is 17.8. The summed E-state index contributed by atoms with van der Waals surface area (Å²) in [5, 5.41) is 19.2. The van der Waals surface area contributed by atoms with Crippen molar-refractivity contribution in [2.75, 3.05) is 37.6 Å². The van der Waals surface area contributed by atoms with E-state index in [1.54, 1.807) is 0 Å². The van der Waals surface area contributed by atoms with E-state index in [4.69, 9.17) is 16.6 Å². The normalized spacial score (nSPS) is 19.2. The lowest BCUT2D eigenvalue weighted by atomic mass is 10.0. The Bertz CT molecular complexity index is 1150. The minimum atomic E-state index is -4.56. The topological polar surface area (TPSA) is 230 Å². The lowest BCUT2D eigenvalue weighted by molar-refractivity contribution is 0.186. The van der Waals surface area contributed by atoms with E-state index in [2.05, 4.69) is 26.3 Å². The number of amidine groups is 1. The fraction of sp³-hybridized carbons (Fsp3) is 0.471. The minimum absolute atomic E-state index is 0.00810. The van der Waals surface area contributed by atoms with Gasteiger partial charge in [-0.3, -0.25) is 5.43 Å². The molecule has 0 bridgehead atoms. The average molecular weight is 504 g/mol. The lowest BCUT2D eigenvalue weighted by Crippen LogP contribution is -2.40. The zero-order valence-corrected chi connectivity index (χ0v) is 19.4. The van der Waals surface area contributed by atoms with Crippen LogP contribution >= 0.6 is 0 Å². The molecule has 1 aromatic rings. The van der Waals surface area contributed by atoms with E-state index in [9.17, 15) is 21.9 Å². The third kappa shape index (κ3) is 5.79. The Morgan fingerprint density at radius 2 is 2.03 bits per heavy atom. The molecule has 1 fully saturated rings. The second-order valence-corrected chi connectivity index (χ2v) is 10.8. The summed E-state index contributed by atoms with van der Waals surface area (Å²) in [6.07, 6.45) is 2.41. The van der Waals surface area contributed by atoms with E-state index in [1.807, 2.05) is 11.0 Å². The number of hydrogen-bond donors (Lipinski definition) is 8. The van der Waals surface area contributed by atoms with E-state index in [1.165, 1.54) is 12.1 Å². The molecule has 0 unspecified atom stereocenters. The number of hydrazone groups is 1. The Kier molecular flexibility index (Phi) is 7.91. The van der Waals surface area contributed by atoms with Gasteiger partial charge in [0.2, 0.25) is 20.0 Å². The Labute approximate surface area is 192 Å². The number of nitrogens with two attached hydrogens (primary N) is 3. The third-order valence-electron chi connectivity index (χ3n) is 5.16. The van der Waals surface area contributed by atoms with Gasteiger partial charge in [0.15, 0.2) is 5.84 Å². The fourth-order valence-corrected chi connectivity index (χ4v) is 6.34. The molecule has 2 heterocycles. The Morgan fingerprint density at radius 1 is 1.27 bits per heavy atom. The first kappa shape index (κ1) is 25.3. The highest BCUT2D eigenvalue weighted by molar-refractivity contribution is 7.92. The Balaban J connectivity index is 2.20. The van der Waals surface area contributed by atoms with Gasteiger partial charge in [-0.05, 0) is 25.0 Å². The second-order valence-electron chi connectivity index (χ2n) is 7.52. The molecule has 0 aromatic heterocycles. The highest BCUT2D eigenvalue weighted by Crippen LogP contribution is 2.34. The van der Waals surface area contributed by atoms with Gasteiger partial charge < -0.3 is 21.5 Å². The smallest absolute Gasteiger partial charge is 0.242 e. The summed E-state index contributed by atoms with van der Waals surface area (Å²) in [6.45, 7) is 0.871. The number of nitrogens with one attached hydrogen (secondary N) is 4. The molecule has 2 aliphatic heterocycles. The number of hydrazine groups is 2. The SMILES string of the molecule is NC/C=C1/CCCN(c2ccc(S(=O)(=O)NC[C@H](O)CN)c(S(N)(=O)=O)c2C2=NNNN2)C1. The summed E-state index contributed by atoms with van der Waals surface area (Å²) in [7, 11) is -8.95. The van der Waals surface area contributed by atoms with Gasteiger partial charge in [0.25, 0.3) is 0 Å². The van der Waals surface area contributed by atoms with E-state index in [0.717, 1.165) is 18.4 Å². The predicted molar refractivity (Wildman–Crippen MR) is 123 cm³/mol. The lowest BCUT2D eigenvalue weighted by Gasteiger charge is -2.33. The van der Waals surface area contributed by atoms with Crippen molar-refractivity contribution in [2.45, 2.75) is 28.7 Å². The number of nitrogens with zero attached hydrogens (tertiary/aromatic N) is 2. The van der Waals surface area contributed by atoms with Gasteiger partial charge in [0, 0.05) is 38.4 Å². The van der Waals surface area contributed by atoms with Crippen molar-refractivity contribution in [3.8, 4) is 0 Å². The summed E-state index contributed by atoms with van der Waals surface area (Å²) < 4.78 is 53.6. The largest absolute Gasteiger partial charge is 0.390 e. The highest BCUT2D eigenvalue weighted by Gasteiger charge is 2.34. The number of rotatable bonds is 9. The van der Waals surface area contributed by atoms with Crippen LogP contribution in [-0.4, -0.2) is 66.6 Å². The van der Waals surface area contributed by atoms with Crippen LogP contribution < -0.4 is 42.7 Å². The first-order valence-corrected chi connectivity index (χ1v) is 13.2. The molecule has 16 heteroatoms. The van der Waals surface area contributed by atoms with Crippen molar-refractivity contribution in [2.24, 2.45) is 21.7 Å². The quantitative estimate of drug-likeness (QED) is 0.155. The molecule has 1 saturated heterocycles. The maximum absolute atomic E-state index is 13.0. The molecule has 3 rings (SSSR count). The molecule has 1 aromatic carbocycles. The van der Waals surface area contributed by atoms with Crippen LogP contribution in [0.5, 0.6) is 0 Å². The van der Waals surface area contributed by atoms with Gasteiger partial charge in [0.05, 0.1) is 11.7 Å². The molecule has 0 saturated carbocycles. The van der Waals surface area contributed by atoms with Gasteiger partial charge >= 0.3 is 0 Å². The van der Waals surface area contributed by atoms with Crippen LogP contribution in [0.2, 0.25) is 0 Å².